The quantitative estimate of drug-likeness (QED) is 0.664. The van der Waals surface area contributed by atoms with Crippen LogP contribution in [0.5, 0.6) is 11.5 Å². The van der Waals surface area contributed by atoms with Gasteiger partial charge >= 0.3 is 0 Å². The Labute approximate surface area is 137 Å². The predicted molar refractivity (Wildman–Crippen MR) is 92.6 cm³/mol. The maximum absolute atomic E-state index is 5.79. The minimum absolute atomic E-state index is 0.850. The number of nitrogens with one attached hydrogen (secondary N) is 1. The number of rotatable bonds is 7. The highest BCUT2D eigenvalue weighted by Gasteiger charge is 1.98. The van der Waals surface area contributed by atoms with Crippen LogP contribution in [-0.2, 0) is 13.0 Å². The lowest BCUT2D eigenvalue weighted by Gasteiger charge is -2.07. The second-order valence-corrected chi connectivity index (χ2v) is 5.35. The lowest BCUT2D eigenvalue weighted by molar-refractivity contribution is 0.482. The molecule has 0 saturated carbocycles. The first kappa shape index (κ1) is 15.3. The number of pyridine rings is 1. The fourth-order valence-corrected chi connectivity index (χ4v) is 2.32. The van der Waals surface area contributed by atoms with E-state index in [-0.39, 0.29) is 0 Å². The fraction of sp³-hybridized carbons (Fsp3) is 0.150. The van der Waals surface area contributed by atoms with Gasteiger partial charge in [-0.3, -0.25) is 4.98 Å². The van der Waals surface area contributed by atoms with Gasteiger partial charge in [0.1, 0.15) is 11.5 Å². The third kappa shape index (κ3) is 4.94. The minimum atomic E-state index is 0.850. The van der Waals surface area contributed by atoms with Gasteiger partial charge in [-0.25, -0.2) is 0 Å². The first-order valence-corrected chi connectivity index (χ1v) is 7.81. The molecule has 0 spiro atoms. The number of para-hydroxylation sites is 1. The van der Waals surface area contributed by atoms with Crippen LogP contribution in [0.25, 0.3) is 0 Å². The summed E-state index contributed by atoms with van der Waals surface area (Å²) >= 11 is 0. The topological polar surface area (TPSA) is 34.1 Å². The molecule has 0 fully saturated rings. The van der Waals surface area contributed by atoms with E-state index in [2.05, 4.69) is 28.5 Å². The van der Waals surface area contributed by atoms with Crippen molar-refractivity contribution in [1.82, 2.24) is 10.3 Å². The summed E-state index contributed by atoms with van der Waals surface area (Å²) in [5.74, 6) is 1.72. The van der Waals surface area contributed by atoms with Crippen molar-refractivity contribution in [3.05, 3.63) is 90.3 Å². The van der Waals surface area contributed by atoms with E-state index >= 15 is 0 Å². The third-order valence-corrected chi connectivity index (χ3v) is 3.54. The zero-order chi connectivity index (χ0) is 15.7. The molecule has 23 heavy (non-hydrogen) atoms. The van der Waals surface area contributed by atoms with Gasteiger partial charge in [-0.1, -0.05) is 36.4 Å². The van der Waals surface area contributed by atoms with Crippen LogP contribution in [0.1, 0.15) is 11.1 Å². The SMILES string of the molecule is c1ccc(Oc2ccc(CCNCc3cccnc3)cc2)cc1. The summed E-state index contributed by atoms with van der Waals surface area (Å²) in [5, 5.41) is 3.43. The fourth-order valence-electron chi connectivity index (χ4n) is 2.32. The molecule has 0 saturated heterocycles. The molecule has 0 bridgehead atoms. The Morgan fingerprint density at radius 3 is 2.30 bits per heavy atom. The summed E-state index contributed by atoms with van der Waals surface area (Å²) in [7, 11) is 0. The van der Waals surface area contributed by atoms with Gasteiger partial charge in [0, 0.05) is 18.9 Å². The molecule has 0 amide bonds. The third-order valence-electron chi connectivity index (χ3n) is 3.54. The number of nitrogens with zero attached hydrogens (tertiary/aromatic N) is 1. The minimum Gasteiger partial charge on any atom is -0.457 e. The number of hydrogen-bond acceptors (Lipinski definition) is 3. The number of benzene rings is 2. The summed E-state index contributed by atoms with van der Waals surface area (Å²) in [6, 6.07) is 22.1. The number of ether oxygens (including phenoxy) is 1. The Morgan fingerprint density at radius 2 is 1.57 bits per heavy atom. The van der Waals surface area contributed by atoms with Gasteiger partial charge in [0.25, 0.3) is 0 Å². The van der Waals surface area contributed by atoms with Crippen LogP contribution in [0.3, 0.4) is 0 Å². The standard InChI is InChI=1S/C20H20N2O/c1-2-6-19(7-3-1)23-20-10-8-17(9-11-20)12-14-22-16-18-5-4-13-21-15-18/h1-11,13,15,22H,12,14,16H2. The van der Waals surface area contributed by atoms with Crippen LogP contribution in [0, 0.1) is 0 Å². The predicted octanol–water partition coefficient (Wildman–Crippen LogP) is 4.21. The van der Waals surface area contributed by atoms with Crippen molar-refractivity contribution in [3.8, 4) is 11.5 Å². The molecule has 1 heterocycles. The van der Waals surface area contributed by atoms with E-state index < -0.39 is 0 Å². The average molecular weight is 304 g/mol. The van der Waals surface area contributed by atoms with Gasteiger partial charge in [-0.05, 0) is 54.4 Å². The Bertz CT molecular complexity index is 697. The van der Waals surface area contributed by atoms with Crippen molar-refractivity contribution in [3.63, 3.8) is 0 Å². The van der Waals surface area contributed by atoms with Crippen LogP contribution in [0.4, 0.5) is 0 Å². The van der Waals surface area contributed by atoms with Crippen LogP contribution < -0.4 is 10.1 Å². The second kappa shape index (κ2) is 8.11. The highest BCUT2D eigenvalue weighted by molar-refractivity contribution is 5.33. The van der Waals surface area contributed by atoms with Gasteiger partial charge in [-0.15, -0.1) is 0 Å². The van der Waals surface area contributed by atoms with E-state index in [1.165, 1.54) is 11.1 Å². The maximum Gasteiger partial charge on any atom is 0.127 e. The zero-order valence-corrected chi connectivity index (χ0v) is 13.0. The summed E-state index contributed by atoms with van der Waals surface area (Å²) in [4.78, 5) is 4.11. The molecule has 3 nitrogen and oxygen atoms in total. The normalized spacial score (nSPS) is 10.4. The summed E-state index contributed by atoms with van der Waals surface area (Å²) in [6.45, 7) is 1.79. The average Bonchev–Trinajstić information content (AvgIpc) is 2.62. The molecule has 3 rings (SSSR count). The molecule has 0 atom stereocenters. The summed E-state index contributed by atoms with van der Waals surface area (Å²) in [5.41, 5.74) is 2.50. The van der Waals surface area contributed by atoms with E-state index in [1.807, 2.05) is 54.7 Å². The Morgan fingerprint density at radius 1 is 0.783 bits per heavy atom. The van der Waals surface area contributed by atoms with E-state index in [9.17, 15) is 0 Å². The molecule has 0 aliphatic heterocycles. The highest BCUT2D eigenvalue weighted by Crippen LogP contribution is 2.21. The van der Waals surface area contributed by atoms with Crippen molar-refractivity contribution in [2.75, 3.05) is 6.54 Å². The summed E-state index contributed by atoms with van der Waals surface area (Å²) in [6.07, 6.45) is 4.68. The molecular weight excluding hydrogens is 284 g/mol. The van der Waals surface area contributed by atoms with Gasteiger partial charge in [0.05, 0.1) is 0 Å². The lowest BCUT2D eigenvalue weighted by Crippen LogP contribution is -2.16. The highest BCUT2D eigenvalue weighted by atomic mass is 16.5. The zero-order valence-electron chi connectivity index (χ0n) is 13.0. The van der Waals surface area contributed by atoms with Crippen LogP contribution >= 0.6 is 0 Å². The van der Waals surface area contributed by atoms with Crippen molar-refractivity contribution >= 4 is 0 Å². The van der Waals surface area contributed by atoms with E-state index in [1.54, 1.807) is 6.20 Å². The van der Waals surface area contributed by atoms with Crippen molar-refractivity contribution in [2.24, 2.45) is 0 Å². The first-order valence-electron chi connectivity index (χ1n) is 7.81. The summed E-state index contributed by atoms with van der Waals surface area (Å²) < 4.78 is 5.79. The largest absolute Gasteiger partial charge is 0.457 e. The molecule has 3 heteroatoms. The molecule has 0 radical (unpaired) electrons. The van der Waals surface area contributed by atoms with Gasteiger partial charge in [0.2, 0.25) is 0 Å². The molecule has 0 unspecified atom stereocenters. The number of hydrogen-bond donors (Lipinski definition) is 1. The van der Waals surface area contributed by atoms with E-state index in [0.29, 0.717) is 0 Å². The Balaban J connectivity index is 1.44. The monoisotopic (exact) mass is 304 g/mol. The Hall–Kier alpha value is -2.65. The molecule has 2 aromatic carbocycles. The maximum atomic E-state index is 5.79. The van der Waals surface area contributed by atoms with Crippen LogP contribution in [0.15, 0.2) is 79.1 Å². The lowest BCUT2D eigenvalue weighted by atomic mass is 10.1. The molecule has 3 aromatic rings. The molecule has 0 aliphatic rings. The smallest absolute Gasteiger partial charge is 0.127 e. The molecular formula is C20H20N2O. The van der Waals surface area contributed by atoms with Gasteiger partial charge in [-0.2, -0.15) is 0 Å². The molecule has 1 N–H and O–H groups in total. The van der Waals surface area contributed by atoms with E-state index in [0.717, 1.165) is 31.0 Å². The second-order valence-electron chi connectivity index (χ2n) is 5.35. The molecule has 116 valence electrons. The van der Waals surface area contributed by atoms with Crippen molar-refractivity contribution < 1.29 is 4.74 Å². The van der Waals surface area contributed by atoms with Crippen LogP contribution in [-0.4, -0.2) is 11.5 Å². The number of aromatic nitrogens is 1. The van der Waals surface area contributed by atoms with Gasteiger partial charge in [0.15, 0.2) is 0 Å². The molecule has 1 aromatic heterocycles. The van der Waals surface area contributed by atoms with Crippen molar-refractivity contribution in [2.45, 2.75) is 13.0 Å². The van der Waals surface area contributed by atoms with E-state index in [4.69, 9.17) is 4.74 Å². The molecule has 0 aliphatic carbocycles. The van der Waals surface area contributed by atoms with Crippen LogP contribution in [0.2, 0.25) is 0 Å². The van der Waals surface area contributed by atoms with Crippen molar-refractivity contribution in [1.29, 1.82) is 0 Å². The van der Waals surface area contributed by atoms with Gasteiger partial charge < -0.3 is 10.1 Å². The first-order chi connectivity index (χ1) is 11.4. The Kier molecular flexibility index (Phi) is 5.38.